The van der Waals surface area contributed by atoms with Crippen molar-refractivity contribution in [3.63, 3.8) is 0 Å². The van der Waals surface area contributed by atoms with Crippen LogP contribution in [-0.2, 0) is 13.0 Å². The van der Waals surface area contributed by atoms with Crippen LogP contribution in [-0.4, -0.2) is 24.7 Å². The molecule has 3 N–H and O–H groups in total. The van der Waals surface area contributed by atoms with Gasteiger partial charge in [-0.2, -0.15) is 0 Å². The molecule has 7 nitrogen and oxygen atoms in total. The average Bonchev–Trinajstić information content (AvgIpc) is 2.75. The Morgan fingerprint density at radius 1 is 1.37 bits per heavy atom. The van der Waals surface area contributed by atoms with Gasteiger partial charge in [0.1, 0.15) is 16.7 Å². The van der Waals surface area contributed by atoms with E-state index in [0.717, 1.165) is 10.6 Å². The molecule has 0 unspecified atom stereocenters. The van der Waals surface area contributed by atoms with Crippen molar-refractivity contribution in [2.75, 3.05) is 5.73 Å². The lowest BCUT2D eigenvalue weighted by Crippen LogP contribution is -2.16. The second-order valence-electron chi connectivity index (χ2n) is 3.97. The molecule has 102 valence electrons. The Labute approximate surface area is 114 Å². The molecule has 2 aromatic heterocycles. The summed E-state index contributed by atoms with van der Waals surface area (Å²) in [5.41, 5.74) is 6.45. The summed E-state index contributed by atoms with van der Waals surface area (Å²) in [7, 11) is 0. The van der Waals surface area contributed by atoms with E-state index in [9.17, 15) is 4.79 Å². The summed E-state index contributed by atoms with van der Waals surface area (Å²) >= 11 is 1.32. The molecule has 0 amide bonds. The first kappa shape index (κ1) is 13.6. The van der Waals surface area contributed by atoms with Crippen molar-refractivity contribution in [1.82, 2.24) is 24.7 Å². The van der Waals surface area contributed by atoms with Crippen molar-refractivity contribution in [3.05, 3.63) is 21.9 Å². The van der Waals surface area contributed by atoms with Gasteiger partial charge in [-0.3, -0.25) is 4.57 Å². The molecule has 0 aliphatic heterocycles. The first-order valence-corrected chi connectivity index (χ1v) is 6.84. The van der Waals surface area contributed by atoms with Crippen LogP contribution in [0.4, 0.5) is 5.82 Å². The summed E-state index contributed by atoms with van der Waals surface area (Å²) in [6.45, 7) is 6.27. The number of rotatable bonds is 4. The minimum atomic E-state index is -0.222. The predicted molar refractivity (Wildman–Crippen MR) is 73.2 cm³/mol. The number of hydrogen-bond acceptors (Lipinski definition) is 6. The Morgan fingerprint density at radius 3 is 2.74 bits per heavy atom. The van der Waals surface area contributed by atoms with E-state index in [2.05, 4.69) is 20.2 Å². The van der Waals surface area contributed by atoms with Crippen molar-refractivity contribution in [3.8, 4) is 0 Å². The first-order valence-electron chi connectivity index (χ1n) is 6.02. The molecule has 19 heavy (non-hydrogen) atoms. The topological polar surface area (TPSA) is 102 Å². The van der Waals surface area contributed by atoms with E-state index in [1.165, 1.54) is 11.8 Å². The maximum atomic E-state index is 11.5. The summed E-state index contributed by atoms with van der Waals surface area (Å²) in [4.78, 5) is 20.1. The molecular formula is C11H16N6OS. The van der Waals surface area contributed by atoms with Crippen LogP contribution in [0.25, 0.3) is 0 Å². The second-order valence-corrected chi connectivity index (χ2v) is 4.92. The zero-order valence-electron chi connectivity index (χ0n) is 11.1. The number of nitrogens with zero attached hydrogens (tertiary/aromatic N) is 4. The molecule has 2 rings (SSSR count). The van der Waals surface area contributed by atoms with Crippen LogP contribution in [0, 0.1) is 6.92 Å². The highest BCUT2D eigenvalue weighted by Gasteiger charge is 2.14. The van der Waals surface area contributed by atoms with Gasteiger partial charge in [0.2, 0.25) is 0 Å². The fraction of sp³-hybridized carbons (Fsp3) is 0.455. The van der Waals surface area contributed by atoms with Gasteiger partial charge in [0.15, 0.2) is 5.16 Å². The Bertz CT molecular complexity index is 647. The number of hydrogen-bond donors (Lipinski definition) is 2. The molecule has 8 heteroatoms. The smallest absolute Gasteiger partial charge is 0.343 e. The third kappa shape index (κ3) is 2.62. The fourth-order valence-electron chi connectivity index (χ4n) is 1.56. The molecule has 0 saturated carbocycles. The predicted octanol–water partition coefficient (Wildman–Crippen LogP) is 0.986. The van der Waals surface area contributed by atoms with Crippen LogP contribution in [0.3, 0.4) is 0 Å². The lowest BCUT2D eigenvalue weighted by molar-refractivity contribution is 0.659. The summed E-state index contributed by atoms with van der Waals surface area (Å²) < 4.78 is 1.55. The highest BCUT2D eigenvalue weighted by atomic mass is 32.2. The zero-order valence-corrected chi connectivity index (χ0v) is 11.9. The molecule has 0 spiro atoms. The molecule has 2 heterocycles. The maximum absolute atomic E-state index is 11.5. The summed E-state index contributed by atoms with van der Waals surface area (Å²) in [5.74, 6) is 1.15. The van der Waals surface area contributed by atoms with Crippen LogP contribution in [0.1, 0.15) is 25.2 Å². The van der Waals surface area contributed by atoms with E-state index in [4.69, 9.17) is 5.73 Å². The second kappa shape index (κ2) is 5.43. The van der Waals surface area contributed by atoms with Crippen LogP contribution in [0.2, 0.25) is 0 Å². The van der Waals surface area contributed by atoms with Crippen molar-refractivity contribution in [1.29, 1.82) is 0 Å². The quantitative estimate of drug-likeness (QED) is 0.809. The number of anilines is 1. The summed E-state index contributed by atoms with van der Waals surface area (Å²) in [6.07, 6.45) is 0.708. The largest absolute Gasteiger partial charge is 0.383 e. The van der Waals surface area contributed by atoms with Gasteiger partial charge >= 0.3 is 5.69 Å². The van der Waals surface area contributed by atoms with Crippen LogP contribution in [0.5, 0.6) is 0 Å². The number of nitrogen functional groups attached to an aromatic ring is 1. The normalized spacial score (nSPS) is 10.9. The molecule has 0 aliphatic rings. The van der Waals surface area contributed by atoms with Crippen LogP contribution in [0.15, 0.2) is 15.0 Å². The number of aromatic amines is 1. The number of H-pyrrole nitrogens is 1. The molecule has 0 aliphatic carbocycles. The van der Waals surface area contributed by atoms with Crippen molar-refractivity contribution in [2.45, 2.75) is 43.9 Å². The van der Waals surface area contributed by atoms with E-state index in [1.807, 2.05) is 20.8 Å². The molecule has 0 aromatic carbocycles. The van der Waals surface area contributed by atoms with E-state index < -0.39 is 0 Å². The van der Waals surface area contributed by atoms with Gasteiger partial charge < -0.3 is 5.73 Å². The van der Waals surface area contributed by atoms with Crippen LogP contribution < -0.4 is 11.4 Å². The van der Waals surface area contributed by atoms with Crippen molar-refractivity contribution < 1.29 is 0 Å². The third-order valence-electron chi connectivity index (χ3n) is 2.73. The molecule has 0 fully saturated rings. The first-order chi connectivity index (χ1) is 9.06. The summed E-state index contributed by atoms with van der Waals surface area (Å²) in [6, 6.07) is 0. The Balaban J connectivity index is 2.43. The molecule has 0 saturated heterocycles. The zero-order chi connectivity index (χ0) is 14.0. The van der Waals surface area contributed by atoms with Gasteiger partial charge in [-0.25, -0.2) is 19.9 Å². The molecular weight excluding hydrogens is 264 g/mol. The molecule has 0 atom stereocenters. The number of nitrogens with one attached hydrogen (secondary N) is 1. The third-order valence-corrected chi connectivity index (χ3v) is 3.81. The highest BCUT2D eigenvalue weighted by molar-refractivity contribution is 7.99. The number of nitrogens with two attached hydrogens (primary N) is 1. The van der Waals surface area contributed by atoms with Crippen LogP contribution >= 0.6 is 11.8 Å². The molecule has 0 bridgehead atoms. The van der Waals surface area contributed by atoms with E-state index in [0.29, 0.717) is 29.8 Å². The van der Waals surface area contributed by atoms with Gasteiger partial charge in [-0.1, -0.05) is 6.92 Å². The average molecular weight is 280 g/mol. The summed E-state index contributed by atoms with van der Waals surface area (Å²) in [5, 5.41) is 7.74. The van der Waals surface area contributed by atoms with E-state index in [1.54, 1.807) is 4.57 Å². The SMILES string of the molecule is CCc1nc(N)c(C)c(Sc2n[nH]c(=O)n2CC)n1. The van der Waals surface area contributed by atoms with Gasteiger partial charge in [0.25, 0.3) is 0 Å². The Morgan fingerprint density at radius 2 is 2.11 bits per heavy atom. The molecule has 2 aromatic rings. The van der Waals surface area contributed by atoms with Gasteiger partial charge in [-0.05, 0) is 25.6 Å². The van der Waals surface area contributed by atoms with Crippen molar-refractivity contribution in [2.24, 2.45) is 0 Å². The minimum absolute atomic E-state index is 0.222. The van der Waals surface area contributed by atoms with Gasteiger partial charge in [-0.15, -0.1) is 5.10 Å². The van der Waals surface area contributed by atoms with Gasteiger partial charge in [0.05, 0.1) is 0 Å². The van der Waals surface area contributed by atoms with Gasteiger partial charge in [0, 0.05) is 18.5 Å². The number of aryl methyl sites for hydroxylation is 1. The minimum Gasteiger partial charge on any atom is -0.383 e. The Hall–Kier alpha value is -1.83. The standard InChI is InChI=1S/C11H16N6OS/c1-4-7-13-8(12)6(3)9(14-7)19-11-16-15-10(18)17(11)5-2/h4-5H2,1-3H3,(H,15,18)(H2,12,13,14). The number of aromatic nitrogens is 5. The van der Waals surface area contributed by atoms with Crippen molar-refractivity contribution >= 4 is 17.6 Å². The van der Waals surface area contributed by atoms with E-state index >= 15 is 0 Å². The van der Waals surface area contributed by atoms with E-state index in [-0.39, 0.29) is 5.69 Å². The lowest BCUT2D eigenvalue weighted by atomic mass is 10.3. The molecule has 0 radical (unpaired) electrons. The Kier molecular flexibility index (Phi) is 3.89. The lowest BCUT2D eigenvalue weighted by Gasteiger charge is -2.08. The fourth-order valence-corrected chi connectivity index (χ4v) is 2.56. The maximum Gasteiger partial charge on any atom is 0.343 e. The monoisotopic (exact) mass is 280 g/mol. The highest BCUT2D eigenvalue weighted by Crippen LogP contribution is 2.28.